The number of fused-ring (bicyclic) bond motifs is 3. The Balaban J connectivity index is 0.00000747. The van der Waals surface area contributed by atoms with Crippen LogP contribution in [0.4, 0.5) is 11.4 Å². The molecule has 9 rings (SSSR count). The number of ether oxygens (including phenoxy) is 2. The molecule has 6 aliphatic rings. The molecule has 0 N–H and O–H groups in total. The van der Waals surface area contributed by atoms with Gasteiger partial charge < -0.3 is 32.9 Å². The third kappa shape index (κ3) is 11.6. The molecule has 22 heteroatoms. The van der Waals surface area contributed by atoms with Crippen molar-refractivity contribution in [2.75, 3.05) is 29.5 Å². The van der Waals surface area contributed by atoms with Gasteiger partial charge in [0.05, 0.1) is 30.7 Å². The number of unbranched alkanes of at least 4 members (excludes halogenated alkanes) is 2. The van der Waals surface area contributed by atoms with Crippen molar-refractivity contribution in [3.63, 3.8) is 0 Å². The predicted octanol–water partition coefficient (Wildman–Crippen LogP) is 3.99. The van der Waals surface area contributed by atoms with E-state index in [0.717, 1.165) is 40.1 Å². The van der Waals surface area contributed by atoms with E-state index in [2.05, 4.69) is 24.5 Å². The first-order chi connectivity index (χ1) is 34.8. The number of hydrogen-bond acceptors (Lipinski definition) is 16. The smallest absolute Gasteiger partial charge is 0.748 e. The zero-order chi connectivity index (χ0) is 53.1. The van der Waals surface area contributed by atoms with Gasteiger partial charge in [-0.3, -0.25) is 9.59 Å². The summed E-state index contributed by atoms with van der Waals surface area (Å²) < 4.78 is 122. The van der Waals surface area contributed by atoms with Gasteiger partial charge in [-0.15, -0.1) is 11.1 Å². The zero-order valence-electron chi connectivity index (χ0n) is 42.2. The fourth-order valence-corrected chi connectivity index (χ4v) is 12.4. The Morgan fingerprint density at radius 3 is 2.16 bits per heavy atom. The molecule has 0 spiro atoms. The molecule has 1 saturated heterocycles. The van der Waals surface area contributed by atoms with Crippen LogP contribution >= 0.6 is 0 Å². The van der Waals surface area contributed by atoms with Crippen molar-refractivity contribution in [2.45, 2.75) is 108 Å². The van der Waals surface area contributed by atoms with Crippen LogP contribution in [0, 0.1) is 12.0 Å². The molecule has 0 aromatic heterocycles. The monoisotopic (exact) mass is 1090 g/mol. The van der Waals surface area contributed by atoms with Gasteiger partial charge in [0.1, 0.15) is 33.9 Å². The van der Waals surface area contributed by atoms with Crippen LogP contribution in [-0.2, 0) is 55.6 Å². The standard InChI is InChI=1S/C53H57N3O15S3.Na/c1-52(2)38-11-5-6-12-40(38)54(27-7-9-29-72(60,61)62)44(52)23-18-34-15-13-33-14-16-35(50-48(33)49(34)69-42-22-17-36(31-43(42)70-50)51(59)71-56-46(57)25-26-47(56)58)19-24-45-53(3,4)39-32-37(74(66,67)68)20-21-41(39)55(45)28-8-10-30-73(63,64)65;/h6,11-12,17-24,31-33H,7-10,13-16,25-30H2,1-4H3,(H,60,61,62)(H,63,64,65)(H,66,67,68);/q;+1/p-3. The number of amides is 2. The van der Waals surface area contributed by atoms with Crippen LogP contribution < -0.4 is 43.9 Å². The summed E-state index contributed by atoms with van der Waals surface area (Å²) in [5.41, 5.74) is 5.68. The molecular formula is C53H54N3NaO15S3-2. The molecule has 18 nitrogen and oxygen atoms in total. The van der Waals surface area contributed by atoms with Gasteiger partial charge in [0.2, 0.25) is 0 Å². The van der Waals surface area contributed by atoms with Crippen LogP contribution in [0.15, 0.2) is 118 Å². The first-order valence-electron chi connectivity index (χ1n) is 24.4. The quantitative estimate of drug-likeness (QED) is 0.0490. The predicted molar refractivity (Wildman–Crippen MR) is 266 cm³/mol. The van der Waals surface area contributed by atoms with Gasteiger partial charge in [0, 0.05) is 71.2 Å². The van der Waals surface area contributed by atoms with Gasteiger partial charge in [-0.05, 0) is 116 Å². The second-order valence-electron chi connectivity index (χ2n) is 20.2. The van der Waals surface area contributed by atoms with E-state index in [0.29, 0.717) is 72.2 Å². The Morgan fingerprint density at radius 2 is 1.47 bits per heavy atom. The summed E-state index contributed by atoms with van der Waals surface area (Å²) in [6, 6.07) is 17.5. The molecule has 392 valence electrons. The fraction of sp³-hybridized carbons (Fsp3) is 0.396. The van der Waals surface area contributed by atoms with Crippen LogP contribution in [0.5, 0.6) is 11.5 Å². The van der Waals surface area contributed by atoms with Crippen molar-refractivity contribution in [1.29, 1.82) is 0 Å². The van der Waals surface area contributed by atoms with E-state index in [1.807, 2.05) is 61.3 Å². The van der Waals surface area contributed by atoms with Gasteiger partial charge in [-0.1, -0.05) is 39.3 Å². The maximum Gasteiger partial charge on any atom is 1.00 e. The first kappa shape index (κ1) is 56.0. The number of nitrogens with zero attached hydrogens (tertiary/aromatic N) is 3. The van der Waals surface area contributed by atoms with Gasteiger partial charge in [0.25, 0.3) is 11.8 Å². The van der Waals surface area contributed by atoms with Crippen molar-refractivity contribution in [3.05, 3.63) is 136 Å². The van der Waals surface area contributed by atoms with Crippen LogP contribution in [0.25, 0.3) is 0 Å². The van der Waals surface area contributed by atoms with E-state index in [4.69, 9.17) is 14.3 Å². The van der Waals surface area contributed by atoms with Crippen molar-refractivity contribution in [1.82, 2.24) is 5.06 Å². The minimum Gasteiger partial charge on any atom is -0.748 e. The van der Waals surface area contributed by atoms with E-state index in [1.54, 1.807) is 12.1 Å². The first-order valence-corrected chi connectivity index (χ1v) is 28.9. The third-order valence-corrected chi connectivity index (χ3v) is 17.0. The van der Waals surface area contributed by atoms with E-state index < -0.39 is 75.4 Å². The van der Waals surface area contributed by atoms with Crippen molar-refractivity contribution < 1.29 is 102 Å². The minimum atomic E-state index is -4.83. The van der Waals surface area contributed by atoms with Gasteiger partial charge in [0.15, 0.2) is 17.2 Å². The number of carbonyl (C=O) groups is 3. The molecule has 0 bridgehead atoms. The van der Waals surface area contributed by atoms with Gasteiger partial charge in [-0.2, -0.15) is 18.2 Å². The van der Waals surface area contributed by atoms with E-state index in [9.17, 15) is 53.3 Å². The van der Waals surface area contributed by atoms with Crippen LogP contribution in [0.1, 0.15) is 113 Å². The SMILES string of the molecule is CC1(C)C(/C=C/C2=C3Oc4ccc(C(=O)ON5C(=O)CCC5=O)cc4OC4=C3C(CC2)CC/C4=C\C=C2\N(CCCCS(=O)(=O)[O-])c3ccc(S(=O)(=O)[O-])cc3C2(C)C)=[N+](CCCCS(=O)(=O)[O-])c2cc[c-]cc21.[Na+]. The Labute approximate surface area is 459 Å². The summed E-state index contributed by atoms with van der Waals surface area (Å²) >= 11 is 0. The van der Waals surface area contributed by atoms with E-state index >= 15 is 0 Å². The molecule has 1 atom stereocenters. The summed E-state index contributed by atoms with van der Waals surface area (Å²) in [4.78, 5) is 45.1. The third-order valence-electron chi connectivity index (χ3n) is 14.6. The molecule has 2 aliphatic carbocycles. The summed E-state index contributed by atoms with van der Waals surface area (Å²) in [6.07, 6.45) is 11.2. The largest absolute Gasteiger partial charge is 1.00 e. The maximum atomic E-state index is 13.5. The molecule has 3 aromatic rings. The van der Waals surface area contributed by atoms with Gasteiger partial charge in [-0.25, -0.2) is 34.6 Å². The summed E-state index contributed by atoms with van der Waals surface area (Å²) in [7, 11) is -13.7. The molecule has 1 unspecified atom stereocenters. The molecule has 4 aliphatic heterocycles. The number of anilines is 1. The molecule has 3 aromatic carbocycles. The molecule has 0 saturated carbocycles. The molecule has 75 heavy (non-hydrogen) atoms. The average molecular weight is 1090 g/mol. The maximum absolute atomic E-state index is 13.5. The van der Waals surface area contributed by atoms with Crippen LogP contribution in [-0.4, -0.2) is 96.6 Å². The Morgan fingerprint density at radius 1 is 0.787 bits per heavy atom. The number of rotatable bonds is 16. The normalized spacial score (nSPS) is 21.0. The summed E-state index contributed by atoms with van der Waals surface area (Å²) in [5, 5.41) is 0.463. The minimum absolute atomic E-state index is 0. The fourth-order valence-electron chi connectivity index (χ4n) is 10.8. The van der Waals surface area contributed by atoms with Crippen LogP contribution in [0.2, 0.25) is 0 Å². The average Bonchev–Trinajstić information content (AvgIpc) is 3.77. The number of imide groups is 1. The molecule has 0 radical (unpaired) electrons. The Bertz CT molecular complexity index is 3430. The number of carbonyl (C=O) groups excluding carboxylic acids is 3. The number of allylic oxidation sites excluding steroid dienone is 8. The van der Waals surface area contributed by atoms with Crippen molar-refractivity contribution in [3.8, 4) is 11.5 Å². The van der Waals surface area contributed by atoms with E-state index in [-0.39, 0.29) is 84.8 Å². The second kappa shape index (κ2) is 21.3. The Kier molecular flexibility index (Phi) is 15.9. The molecule has 4 heterocycles. The summed E-state index contributed by atoms with van der Waals surface area (Å²) in [5.74, 6) is -1.92. The molecule has 2 amide bonds. The number of hydrogen-bond donors (Lipinski definition) is 0. The molecule has 1 fully saturated rings. The topological polar surface area (TPSA) is 260 Å². The zero-order valence-corrected chi connectivity index (χ0v) is 46.6. The summed E-state index contributed by atoms with van der Waals surface area (Å²) in [6.45, 7) is 8.67. The number of benzene rings is 3. The van der Waals surface area contributed by atoms with E-state index in [1.165, 1.54) is 24.3 Å². The Hall–Kier alpha value is -5.23. The van der Waals surface area contributed by atoms with Gasteiger partial charge >= 0.3 is 35.5 Å². The van der Waals surface area contributed by atoms with Crippen molar-refractivity contribution >= 4 is 65.2 Å². The van der Waals surface area contributed by atoms with Crippen LogP contribution in [0.3, 0.4) is 0 Å². The number of hydroxylamine groups is 2. The molecular weight excluding hydrogens is 1040 g/mol. The second-order valence-corrected chi connectivity index (χ2v) is 24.7. The van der Waals surface area contributed by atoms with Crippen molar-refractivity contribution in [2.24, 2.45) is 5.92 Å².